The van der Waals surface area contributed by atoms with Crippen molar-refractivity contribution >= 4 is 21.6 Å². The van der Waals surface area contributed by atoms with Crippen molar-refractivity contribution in [1.29, 1.82) is 0 Å². The van der Waals surface area contributed by atoms with Gasteiger partial charge < -0.3 is 10.2 Å². The Morgan fingerprint density at radius 1 is 1.09 bits per heavy atom. The third-order valence-corrected chi connectivity index (χ3v) is 8.00. The summed E-state index contributed by atoms with van der Waals surface area (Å²) in [6.07, 6.45) is 2.06. The molecular formula is C24H30FN3O3S. The molecule has 172 valence electrons. The number of benzene rings is 2. The average molecular weight is 460 g/mol. The second-order valence-electron chi connectivity index (χ2n) is 9.08. The van der Waals surface area contributed by atoms with Crippen LogP contribution in [0.2, 0.25) is 0 Å². The number of rotatable bonds is 6. The fourth-order valence-electron chi connectivity index (χ4n) is 4.97. The van der Waals surface area contributed by atoms with Crippen molar-refractivity contribution in [3.8, 4) is 11.1 Å². The summed E-state index contributed by atoms with van der Waals surface area (Å²) in [5, 5.41) is 2.85. The average Bonchev–Trinajstić information content (AvgIpc) is 2.74. The summed E-state index contributed by atoms with van der Waals surface area (Å²) in [5.74, 6) is 0.545. The maximum Gasteiger partial charge on any atom is 0.265 e. The van der Waals surface area contributed by atoms with Crippen LogP contribution in [0.5, 0.6) is 0 Å². The van der Waals surface area contributed by atoms with Gasteiger partial charge in [-0.15, -0.1) is 0 Å². The fourth-order valence-corrected chi connectivity index (χ4v) is 6.61. The Hall–Kier alpha value is -2.45. The molecule has 32 heavy (non-hydrogen) atoms. The van der Waals surface area contributed by atoms with Crippen LogP contribution in [-0.4, -0.2) is 51.9 Å². The lowest BCUT2D eigenvalue weighted by Crippen LogP contribution is -2.43. The molecule has 6 nitrogen and oxygen atoms in total. The first-order chi connectivity index (χ1) is 15.3. The number of hydrogen-bond donors (Lipinski definition) is 1. The molecule has 8 heteroatoms. The number of fused-ring (bicyclic) bond motifs is 3. The predicted molar refractivity (Wildman–Crippen MR) is 123 cm³/mol. The molecule has 2 aromatic rings. The van der Waals surface area contributed by atoms with Gasteiger partial charge in [-0.05, 0) is 55.5 Å². The van der Waals surface area contributed by atoms with E-state index in [2.05, 4.69) is 24.1 Å². The van der Waals surface area contributed by atoms with Gasteiger partial charge in [0.05, 0.1) is 10.6 Å². The summed E-state index contributed by atoms with van der Waals surface area (Å²) in [4.78, 5) is 15.2. The van der Waals surface area contributed by atoms with E-state index in [1.807, 2.05) is 0 Å². The van der Waals surface area contributed by atoms with Gasteiger partial charge in [0.25, 0.3) is 10.0 Å². The molecule has 0 saturated carbocycles. The number of nitrogens with zero attached hydrogens (tertiary/aromatic N) is 2. The van der Waals surface area contributed by atoms with E-state index >= 15 is 0 Å². The van der Waals surface area contributed by atoms with Crippen molar-refractivity contribution in [2.75, 3.05) is 37.0 Å². The van der Waals surface area contributed by atoms with E-state index in [1.54, 1.807) is 18.2 Å². The molecule has 2 aromatic carbocycles. The van der Waals surface area contributed by atoms with Crippen LogP contribution < -0.4 is 9.62 Å². The van der Waals surface area contributed by atoms with Gasteiger partial charge in [-0.3, -0.25) is 9.10 Å². The van der Waals surface area contributed by atoms with Gasteiger partial charge in [0.2, 0.25) is 5.91 Å². The zero-order chi connectivity index (χ0) is 22.9. The molecule has 2 heterocycles. The van der Waals surface area contributed by atoms with E-state index in [0.29, 0.717) is 35.2 Å². The summed E-state index contributed by atoms with van der Waals surface area (Å²) in [5.41, 5.74) is 1.23. The Bertz CT molecular complexity index is 1100. The van der Waals surface area contributed by atoms with Crippen molar-refractivity contribution in [2.24, 2.45) is 11.8 Å². The third-order valence-electron chi connectivity index (χ3n) is 6.18. The molecule has 1 fully saturated rings. The van der Waals surface area contributed by atoms with Crippen LogP contribution in [0, 0.1) is 17.7 Å². The minimum Gasteiger partial charge on any atom is -0.354 e. The highest BCUT2D eigenvalue weighted by Crippen LogP contribution is 2.42. The van der Waals surface area contributed by atoms with Crippen LogP contribution in [0.4, 0.5) is 10.1 Å². The van der Waals surface area contributed by atoms with Crippen molar-refractivity contribution in [3.63, 3.8) is 0 Å². The topological polar surface area (TPSA) is 69.7 Å². The van der Waals surface area contributed by atoms with Gasteiger partial charge in [0.1, 0.15) is 12.4 Å². The Balaban J connectivity index is 1.42. The molecule has 2 aliphatic heterocycles. The molecule has 2 atom stereocenters. The molecule has 0 spiro atoms. The van der Waals surface area contributed by atoms with Crippen molar-refractivity contribution in [1.82, 2.24) is 10.2 Å². The standard InChI is InChI=1S/C24H30FN3O3S/c1-17-12-18(2)15-27(14-17)11-5-10-26-24(29)16-28-22-9-8-19(25)13-21(22)20-6-3-4-7-23(20)32(28,30)31/h3-4,6-9,13,17-18H,5,10-12,14-16H2,1-2H3,(H,26,29). The van der Waals surface area contributed by atoms with Crippen LogP contribution in [0.15, 0.2) is 47.4 Å². The maximum atomic E-state index is 13.9. The number of halogens is 1. The lowest BCUT2D eigenvalue weighted by Gasteiger charge is -2.35. The van der Waals surface area contributed by atoms with E-state index in [4.69, 9.17) is 0 Å². The molecule has 2 aliphatic rings. The molecule has 1 amide bonds. The van der Waals surface area contributed by atoms with Crippen LogP contribution in [0.3, 0.4) is 0 Å². The molecule has 1 N–H and O–H groups in total. The van der Waals surface area contributed by atoms with Crippen LogP contribution in [-0.2, 0) is 14.8 Å². The maximum absolute atomic E-state index is 13.9. The summed E-state index contributed by atoms with van der Waals surface area (Å²) in [6.45, 7) is 7.75. The summed E-state index contributed by atoms with van der Waals surface area (Å²) in [6, 6.07) is 10.4. The summed E-state index contributed by atoms with van der Waals surface area (Å²) < 4.78 is 41.5. The van der Waals surface area contributed by atoms with Gasteiger partial charge in [0.15, 0.2) is 0 Å². The molecule has 2 unspecified atom stereocenters. The number of nitrogens with one attached hydrogen (secondary N) is 1. The summed E-state index contributed by atoms with van der Waals surface area (Å²) >= 11 is 0. The van der Waals surface area contributed by atoms with Gasteiger partial charge in [-0.2, -0.15) is 0 Å². The second-order valence-corrected chi connectivity index (χ2v) is 10.9. The van der Waals surface area contributed by atoms with Crippen LogP contribution >= 0.6 is 0 Å². The minimum absolute atomic E-state index is 0.0826. The van der Waals surface area contributed by atoms with E-state index in [0.717, 1.165) is 30.4 Å². The first kappa shape index (κ1) is 22.7. The van der Waals surface area contributed by atoms with Gasteiger partial charge >= 0.3 is 0 Å². The number of likely N-dealkylation sites (tertiary alicyclic amines) is 1. The number of carbonyl (C=O) groups excluding carboxylic acids is 1. The number of amides is 1. The first-order valence-electron chi connectivity index (χ1n) is 11.2. The molecule has 0 aromatic heterocycles. The molecule has 4 rings (SSSR count). The van der Waals surface area contributed by atoms with E-state index in [-0.39, 0.29) is 17.3 Å². The van der Waals surface area contributed by atoms with Crippen molar-refractivity contribution in [2.45, 2.75) is 31.6 Å². The van der Waals surface area contributed by atoms with Crippen LogP contribution in [0.25, 0.3) is 11.1 Å². The van der Waals surface area contributed by atoms with Gasteiger partial charge in [0, 0.05) is 30.8 Å². The largest absolute Gasteiger partial charge is 0.354 e. The van der Waals surface area contributed by atoms with Crippen molar-refractivity contribution in [3.05, 3.63) is 48.3 Å². The monoisotopic (exact) mass is 459 g/mol. The Morgan fingerprint density at radius 3 is 2.56 bits per heavy atom. The Kier molecular flexibility index (Phi) is 6.53. The van der Waals surface area contributed by atoms with Crippen LogP contribution in [0.1, 0.15) is 26.7 Å². The number of hydrogen-bond acceptors (Lipinski definition) is 4. The SMILES string of the molecule is CC1CC(C)CN(CCCNC(=O)CN2c3ccc(F)cc3-c3ccccc3S2(=O)=O)C1. The Labute approximate surface area is 189 Å². The highest BCUT2D eigenvalue weighted by Gasteiger charge is 2.36. The van der Waals surface area contributed by atoms with Crippen molar-refractivity contribution < 1.29 is 17.6 Å². The molecule has 0 bridgehead atoms. The van der Waals surface area contributed by atoms with E-state index in [9.17, 15) is 17.6 Å². The third kappa shape index (κ3) is 4.66. The second kappa shape index (κ2) is 9.19. The zero-order valence-corrected chi connectivity index (χ0v) is 19.4. The number of carbonyl (C=O) groups is 1. The quantitative estimate of drug-likeness (QED) is 0.672. The highest BCUT2D eigenvalue weighted by atomic mass is 32.2. The van der Waals surface area contributed by atoms with E-state index < -0.39 is 15.8 Å². The Morgan fingerprint density at radius 2 is 1.81 bits per heavy atom. The number of piperidine rings is 1. The lowest BCUT2D eigenvalue weighted by atomic mass is 9.92. The summed E-state index contributed by atoms with van der Waals surface area (Å²) in [7, 11) is -3.92. The lowest BCUT2D eigenvalue weighted by molar-refractivity contribution is -0.119. The smallest absolute Gasteiger partial charge is 0.265 e. The van der Waals surface area contributed by atoms with Gasteiger partial charge in [-0.25, -0.2) is 12.8 Å². The highest BCUT2D eigenvalue weighted by molar-refractivity contribution is 7.93. The normalized spacial score (nSPS) is 22.2. The zero-order valence-electron chi connectivity index (χ0n) is 18.6. The predicted octanol–water partition coefficient (Wildman–Crippen LogP) is 3.49. The van der Waals surface area contributed by atoms with E-state index in [1.165, 1.54) is 30.7 Å². The number of anilines is 1. The molecular weight excluding hydrogens is 429 g/mol. The fraction of sp³-hybridized carbons (Fsp3) is 0.458. The minimum atomic E-state index is -3.92. The van der Waals surface area contributed by atoms with Gasteiger partial charge in [-0.1, -0.05) is 32.0 Å². The molecule has 0 aliphatic carbocycles. The molecule has 0 radical (unpaired) electrons. The number of sulfonamides is 1. The molecule has 1 saturated heterocycles. The first-order valence-corrected chi connectivity index (χ1v) is 12.6.